The first-order chi connectivity index (χ1) is 12.5. The third-order valence-electron chi connectivity index (χ3n) is 4.49. The first kappa shape index (κ1) is 18.0. The van der Waals surface area contributed by atoms with Crippen LogP contribution in [0.3, 0.4) is 0 Å². The van der Waals surface area contributed by atoms with Crippen LogP contribution in [0.4, 0.5) is 5.69 Å². The van der Waals surface area contributed by atoms with Gasteiger partial charge in [-0.15, -0.1) is 0 Å². The molecule has 1 aromatic heterocycles. The zero-order valence-corrected chi connectivity index (χ0v) is 15.3. The largest absolute Gasteiger partial charge is 0.361 e. The number of nitrogens with two attached hydrogens (primary N) is 1. The molecule has 0 unspecified atom stereocenters. The summed E-state index contributed by atoms with van der Waals surface area (Å²) < 4.78 is 0. The minimum absolute atomic E-state index is 0.0823. The molecule has 0 radical (unpaired) electrons. The van der Waals surface area contributed by atoms with Crippen LogP contribution in [0, 0.1) is 5.92 Å². The minimum atomic E-state index is -0.0823. The Kier molecular flexibility index (Phi) is 5.24. The molecule has 1 amide bonds. The average Bonchev–Trinajstić information content (AvgIpc) is 3.14. The fourth-order valence-electron chi connectivity index (χ4n) is 3.28. The Morgan fingerprint density at radius 2 is 2.08 bits per heavy atom. The Labute approximate surface area is 154 Å². The van der Waals surface area contributed by atoms with Crippen LogP contribution in [0.15, 0.2) is 61.3 Å². The lowest BCUT2D eigenvalue weighted by molar-refractivity contribution is -0.114. The molecule has 0 atom stereocenters. The number of nitrogens with one attached hydrogen (secondary N) is 1. The number of aromatic amines is 1. The van der Waals surface area contributed by atoms with E-state index in [1.165, 1.54) is 6.08 Å². The van der Waals surface area contributed by atoms with E-state index in [0.29, 0.717) is 19.0 Å². The van der Waals surface area contributed by atoms with Crippen molar-refractivity contribution >= 4 is 22.5 Å². The molecular formula is C22H25N3O. The molecule has 3 aromatic rings. The van der Waals surface area contributed by atoms with E-state index in [0.717, 1.165) is 33.3 Å². The van der Waals surface area contributed by atoms with Gasteiger partial charge in [-0.1, -0.05) is 44.7 Å². The number of anilines is 1. The van der Waals surface area contributed by atoms with Crippen LogP contribution in [0.2, 0.25) is 0 Å². The summed E-state index contributed by atoms with van der Waals surface area (Å²) in [6.07, 6.45) is 3.30. The van der Waals surface area contributed by atoms with Crippen molar-refractivity contribution in [3.63, 3.8) is 0 Å². The molecule has 0 saturated carbocycles. The third kappa shape index (κ3) is 3.41. The van der Waals surface area contributed by atoms with Crippen LogP contribution in [0.1, 0.15) is 19.4 Å². The fraction of sp³-hybridized carbons (Fsp3) is 0.227. The Morgan fingerprint density at radius 1 is 1.27 bits per heavy atom. The van der Waals surface area contributed by atoms with Gasteiger partial charge in [0.1, 0.15) is 0 Å². The van der Waals surface area contributed by atoms with E-state index < -0.39 is 0 Å². The molecule has 0 aliphatic heterocycles. The number of amides is 1. The lowest BCUT2D eigenvalue weighted by atomic mass is 9.98. The number of benzene rings is 2. The van der Waals surface area contributed by atoms with Crippen molar-refractivity contribution in [2.75, 3.05) is 11.4 Å². The molecule has 134 valence electrons. The van der Waals surface area contributed by atoms with Gasteiger partial charge in [0.05, 0.1) is 5.52 Å². The molecule has 0 spiro atoms. The molecule has 1 heterocycles. The van der Waals surface area contributed by atoms with E-state index >= 15 is 0 Å². The minimum Gasteiger partial charge on any atom is -0.361 e. The van der Waals surface area contributed by atoms with Crippen molar-refractivity contribution in [2.45, 2.75) is 20.4 Å². The van der Waals surface area contributed by atoms with Gasteiger partial charge < -0.3 is 15.6 Å². The molecule has 26 heavy (non-hydrogen) atoms. The van der Waals surface area contributed by atoms with Crippen molar-refractivity contribution in [2.24, 2.45) is 11.7 Å². The first-order valence-corrected chi connectivity index (χ1v) is 8.88. The first-order valence-electron chi connectivity index (χ1n) is 8.88. The summed E-state index contributed by atoms with van der Waals surface area (Å²) in [4.78, 5) is 17.4. The van der Waals surface area contributed by atoms with Crippen molar-refractivity contribution in [1.82, 2.24) is 4.98 Å². The van der Waals surface area contributed by atoms with E-state index in [2.05, 4.69) is 55.7 Å². The number of aromatic nitrogens is 1. The molecule has 0 aliphatic rings. The molecule has 0 bridgehead atoms. The number of rotatable bonds is 6. The van der Waals surface area contributed by atoms with Gasteiger partial charge in [0.2, 0.25) is 5.91 Å². The highest BCUT2D eigenvalue weighted by atomic mass is 16.2. The predicted octanol–water partition coefficient (Wildman–Crippen LogP) is 4.47. The van der Waals surface area contributed by atoms with E-state index in [1.54, 1.807) is 4.90 Å². The van der Waals surface area contributed by atoms with Crippen LogP contribution in [0.5, 0.6) is 0 Å². The van der Waals surface area contributed by atoms with E-state index in [4.69, 9.17) is 5.73 Å². The molecule has 0 saturated heterocycles. The van der Waals surface area contributed by atoms with E-state index in [9.17, 15) is 4.79 Å². The number of hydrogen-bond donors (Lipinski definition) is 2. The number of fused-ring (bicyclic) bond motifs is 1. The second kappa shape index (κ2) is 7.58. The van der Waals surface area contributed by atoms with Crippen molar-refractivity contribution in [1.29, 1.82) is 0 Å². The Morgan fingerprint density at radius 3 is 2.77 bits per heavy atom. The molecular weight excluding hydrogens is 322 g/mol. The number of carbonyl (C=O) groups is 1. The maximum atomic E-state index is 12.3. The summed E-state index contributed by atoms with van der Waals surface area (Å²) in [6.45, 7) is 8.99. The maximum absolute atomic E-state index is 12.3. The highest BCUT2D eigenvalue weighted by molar-refractivity contribution is 6.02. The zero-order valence-electron chi connectivity index (χ0n) is 15.3. The summed E-state index contributed by atoms with van der Waals surface area (Å²) in [5.41, 5.74) is 11.1. The van der Waals surface area contributed by atoms with Crippen molar-refractivity contribution in [3.8, 4) is 11.1 Å². The maximum Gasteiger partial charge on any atom is 0.250 e. The highest BCUT2D eigenvalue weighted by Crippen LogP contribution is 2.32. The lowest BCUT2D eigenvalue weighted by Crippen LogP contribution is -2.32. The van der Waals surface area contributed by atoms with Gasteiger partial charge in [-0.2, -0.15) is 0 Å². The number of hydrogen-bond acceptors (Lipinski definition) is 2. The monoisotopic (exact) mass is 347 g/mol. The van der Waals surface area contributed by atoms with Crippen LogP contribution in [0.25, 0.3) is 22.0 Å². The Hall–Kier alpha value is -2.85. The van der Waals surface area contributed by atoms with Gasteiger partial charge in [0.15, 0.2) is 0 Å². The summed E-state index contributed by atoms with van der Waals surface area (Å²) >= 11 is 0. The standard InChI is InChI=1S/C22H25N3O/c1-4-21(26)25(14-15(2)3)18-7-5-6-16(12-18)19-9-8-17(13-23)22-20(19)10-11-24-22/h4-12,15,24H,1,13-14,23H2,2-3H3. The van der Waals surface area contributed by atoms with Crippen molar-refractivity contribution in [3.05, 3.63) is 66.9 Å². The smallest absolute Gasteiger partial charge is 0.250 e. The Balaban J connectivity index is 2.08. The lowest BCUT2D eigenvalue weighted by Gasteiger charge is -2.24. The Bertz CT molecular complexity index is 939. The van der Waals surface area contributed by atoms with Crippen molar-refractivity contribution < 1.29 is 4.79 Å². The second-order valence-corrected chi connectivity index (χ2v) is 6.84. The molecule has 4 heteroatoms. The summed E-state index contributed by atoms with van der Waals surface area (Å²) in [5, 5.41) is 1.13. The molecule has 3 N–H and O–H groups in total. The zero-order chi connectivity index (χ0) is 18.7. The van der Waals surface area contributed by atoms with Gasteiger partial charge in [0.25, 0.3) is 0 Å². The van der Waals surface area contributed by atoms with E-state index in [-0.39, 0.29) is 5.91 Å². The predicted molar refractivity (Wildman–Crippen MR) is 109 cm³/mol. The quantitative estimate of drug-likeness (QED) is 0.646. The number of carbonyl (C=O) groups excluding carboxylic acids is 1. The highest BCUT2D eigenvalue weighted by Gasteiger charge is 2.16. The van der Waals surface area contributed by atoms with E-state index in [1.807, 2.05) is 18.3 Å². The number of nitrogens with zero attached hydrogens (tertiary/aromatic N) is 1. The second-order valence-electron chi connectivity index (χ2n) is 6.84. The van der Waals surface area contributed by atoms with Gasteiger partial charge in [-0.25, -0.2) is 0 Å². The fourth-order valence-corrected chi connectivity index (χ4v) is 3.28. The average molecular weight is 347 g/mol. The molecule has 2 aromatic carbocycles. The normalized spacial score (nSPS) is 11.1. The van der Waals surface area contributed by atoms with Gasteiger partial charge in [-0.3, -0.25) is 4.79 Å². The van der Waals surface area contributed by atoms with Crippen LogP contribution >= 0.6 is 0 Å². The molecule has 4 nitrogen and oxygen atoms in total. The summed E-state index contributed by atoms with van der Waals surface area (Å²) in [7, 11) is 0. The SMILES string of the molecule is C=CC(=O)N(CC(C)C)c1cccc(-c2ccc(CN)c3[nH]ccc23)c1. The molecule has 0 fully saturated rings. The molecule has 3 rings (SSSR count). The third-order valence-corrected chi connectivity index (χ3v) is 4.49. The summed E-state index contributed by atoms with van der Waals surface area (Å²) in [6, 6.07) is 14.3. The van der Waals surface area contributed by atoms with Gasteiger partial charge in [-0.05, 0) is 46.9 Å². The van der Waals surface area contributed by atoms with Gasteiger partial charge >= 0.3 is 0 Å². The number of H-pyrrole nitrogens is 1. The molecule has 0 aliphatic carbocycles. The topological polar surface area (TPSA) is 62.1 Å². The van der Waals surface area contributed by atoms with Gasteiger partial charge in [0, 0.05) is 30.4 Å². The van der Waals surface area contributed by atoms with Crippen LogP contribution in [-0.4, -0.2) is 17.4 Å². The van der Waals surface area contributed by atoms with Crippen LogP contribution < -0.4 is 10.6 Å². The summed E-state index contributed by atoms with van der Waals surface area (Å²) in [5.74, 6) is 0.281. The van der Waals surface area contributed by atoms with Crippen LogP contribution in [-0.2, 0) is 11.3 Å².